The molecule has 1 unspecified atom stereocenters. The molecule has 1 aliphatic carbocycles. The van der Waals surface area contributed by atoms with Gasteiger partial charge in [0.1, 0.15) is 33.7 Å². The molecule has 222 valence electrons. The molecule has 0 bridgehead atoms. The molecule has 1 aliphatic heterocycles. The molecular formula is C31H31FO7S3. The molecule has 0 fully saturated rings. The number of benzene rings is 2. The van der Waals surface area contributed by atoms with Gasteiger partial charge in [-0.15, -0.1) is 0 Å². The molecule has 2 aromatic rings. The number of carbonyl (C=O) groups excluding carboxylic acids is 3. The zero-order chi connectivity index (χ0) is 30.6. The van der Waals surface area contributed by atoms with Gasteiger partial charge in [-0.1, -0.05) is 55.7 Å². The molecule has 7 nitrogen and oxygen atoms in total. The first-order valence-corrected chi connectivity index (χ1v) is 15.5. The maximum atomic E-state index is 13.8. The first kappa shape index (κ1) is 31.8. The number of thiocarbonyl (C=S) groups is 1. The van der Waals surface area contributed by atoms with Gasteiger partial charge in [0.2, 0.25) is 0 Å². The van der Waals surface area contributed by atoms with Gasteiger partial charge in [0.15, 0.2) is 5.78 Å². The molecule has 1 atom stereocenters. The van der Waals surface area contributed by atoms with E-state index in [9.17, 15) is 18.8 Å². The second-order valence-corrected chi connectivity index (χ2v) is 12.5. The molecule has 0 spiro atoms. The summed E-state index contributed by atoms with van der Waals surface area (Å²) in [6, 6.07) is 10.9. The van der Waals surface area contributed by atoms with Gasteiger partial charge in [0.05, 0.1) is 30.0 Å². The van der Waals surface area contributed by atoms with E-state index in [-0.39, 0.29) is 35.4 Å². The average molecular weight is 631 g/mol. The Morgan fingerprint density at radius 2 is 1.43 bits per heavy atom. The Balaban J connectivity index is 1.80. The second-order valence-electron chi connectivity index (χ2n) is 9.84. The number of esters is 2. The zero-order valence-corrected chi connectivity index (χ0v) is 26.4. The zero-order valence-electron chi connectivity index (χ0n) is 23.9. The Bertz CT molecular complexity index is 1450. The number of rotatable bonds is 10. The third-order valence-corrected chi connectivity index (χ3v) is 9.98. The van der Waals surface area contributed by atoms with Crippen molar-refractivity contribution in [2.24, 2.45) is 5.41 Å². The smallest absolute Gasteiger partial charge is 0.346 e. The minimum atomic E-state index is -0.848. The van der Waals surface area contributed by atoms with Crippen LogP contribution in [0.25, 0.3) is 5.57 Å². The van der Waals surface area contributed by atoms with Crippen molar-refractivity contribution in [3.05, 3.63) is 73.5 Å². The lowest BCUT2D eigenvalue weighted by Gasteiger charge is -2.41. The normalized spacial score (nSPS) is 17.6. The summed E-state index contributed by atoms with van der Waals surface area (Å²) in [5.74, 6) is -1.56. The van der Waals surface area contributed by atoms with Crippen LogP contribution in [0.1, 0.15) is 51.7 Å². The highest BCUT2D eigenvalue weighted by Gasteiger charge is 2.48. The number of Topliss-reactive ketones (excluding diaryl/α,β-unsaturated/α-hetero) is 1. The number of halogens is 1. The lowest BCUT2D eigenvalue weighted by Crippen LogP contribution is -2.41. The fraction of sp³-hybridized carbons (Fsp3) is 0.355. The first-order valence-electron chi connectivity index (χ1n) is 13.4. The summed E-state index contributed by atoms with van der Waals surface area (Å²) in [6.07, 6.45) is 0. The van der Waals surface area contributed by atoms with Crippen LogP contribution in [-0.4, -0.2) is 49.0 Å². The summed E-state index contributed by atoms with van der Waals surface area (Å²) in [7, 11) is 0. The van der Waals surface area contributed by atoms with E-state index < -0.39 is 29.1 Å². The number of ketones is 1. The fourth-order valence-corrected chi connectivity index (χ4v) is 7.85. The van der Waals surface area contributed by atoms with Gasteiger partial charge in [-0.2, -0.15) is 0 Å². The molecule has 11 heteroatoms. The standard InChI is InChI=1S/C31H31FO7S3/c1-6-36-19-13-14-20-21(15-19)23(30-41-25(28(34)37-7-2)26(42-30)29(35)38-8-3)27(40)31(4,5)24(20)22(33)16-39-18-11-9-17(32)10-12-18/h9-15,24H,6-8,16H2,1-5H3. The van der Waals surface area contributed by atoms with Crippen LogP contribution in [0.4, 0.5) is 4.39 Å². The molecular weight excluding hydrogens is 600 g/mol. The van der Waals surface area contributed by atoms with E-state index >= 15 is 0 Å². The Morgan fingerprint density at radius 3 is 1.98 bits per heavy atom. The van der Waals surface area contributed by atoms with E-state index in [0.717, 1.165) is 29.1 Å². The minimum absolute atomic E-state index is 0.136. The fourth-order valence-electron chi connectivity index (χ4n) is 4.83. The molecule has 0 saturated carbocycles. The van der Waals surface area contributed by atoms with Gasteiger partial charge in [-0.3, -0.25) is 4.79 Å². The quantitative estimate of drug-likeness (QED) is 0.158. The van der Waals surface area contributed by atoms with Gasteiger partial charge in [0.25, 0.3) is 0 Å². The lowest BCUT2D eigenvalue weighted by molar-refractivity contribution is -0.140. The maximum absolute atomic E-state index is 13.8. The van der Waals surface area contributed by atoms with Crippen LogP contribution in [0.5, 0.6) is 11.5 Å². The van der Waals surface area contributed by atoms with Gasteiger partial charge >= 0.3 is 11.9 Å². The largest absolute Gasteiger partial charge is 0.494 e. The molecule has 2 aromatic carbocycles. The van der Waals surface area contributed by atoms with Crippen LogP contribution in [0.15, 0.2) is 56.5 Å². The predicted molar refractivity (Wildman–Crippen MR) is 166 cm³/mol. The minimum Gasteiger partial charge on any atom is -0.494 e. The lowest BCUT2D eigenvalue weighted by atomic mass is 9.63. The summed E-state index contributed by atoms with van der Waals surface area (Å²) in [5.41, 5.74) is 1.19. The Morgan fingerprint density at radius 1 is 0.857 bits per heavy atom. The summed E-state index contributed by atoms with van der Waals surface area (Å²) in [6.45, 7) is 9.52. The van der Waals surface area contributed by atoms with Crippen LogP contribution >= 0.6 is 35.7 Å². The highest BCUT2D eigenvalue weighted by Crippen LogP contribution is 2.58. The third kappa shape index (κ3) is 6.43. The van der Waals surface area contributed by atoms with E-state index in [2.05, 4.69) is 0 Å². The van der Waals surface area contributed by atoms with E-state index in [1.54, 1.807) is 19.9 Å². The highest BCUT2D eigenvalue weighted by molar-refractivity contribution is 8.29. The number of hydrogen-bond acceptors (Lipinski definition) is 10. The number of thioether (sulfide) groups is 2. The van der Waals surface area contributed by atoms with Crippen LogP contribution in [0, 0.1) is 11.2 Å². The SMILES string of the molecule is CCOC(=O)C1=C(C(=O)OCC)SC(=C2C(=S)C(C)(C)C(C(=O)COc3ccc(F)cc3)c3ccc(OCC)cc32)S1. The predicted octanol–water partition coefficient (Wildman–Crippen LogP) is 6.85. The van der Waals surface area contributed by atoms with E-state index in [1.165, 1.54) is 24.3 Å². The summed E-state index contributed by atoms with van der Waals surface area (Å²) >= 11 is 8.30. The summed E-state index contributed by atoms with van der Waals surface area (Å²) < 4.78 is 35.9. The monoisotopic (exact) mass is 630 g/mol. The Labute approximate surface area is 258 Å². The van der Waals surface area contributed by atoms with Crippen molar-refractivity contribution in [3.63, 3.8) is 0 Å². The maximum Gasteiger partial charge on any atom is 0.346 e. The van der Waals surface area contributed by atoms with Crippen LogP contribution in [0.2, 0.25) is 0 Å². The van der Waals surface area contributed by atoms with Gasteiger partial charge < -0.3 is 18.9 Å². The summed E-state index contributed by atoms with van der Waals surface area (Å²) in [5, 5.41) is 0. The van der Waals surface area contributed by atoms with Crippen molar-refractivity contribution in [1.29, 1.82) is 0 Å². The van der Waals surface area contributed by atoms with Crippen LogP contribution in [-0.2, 0) is 23.9 Å². The van der Waals surface area contributed by atoms with Gasteiger partial charge in [0, 0.05) is 15.9 Å². The molecule has 4 rings (SSSR count). The van der Waals surface area contributed by atoms with Crippen molar-refractivity contribution in [1.82, 2.24) is 0 Å². The molecule has 2 aliphatic rings. The molecule has 0 saturated heterocycles. The number of allylic oxidation sites excluding steroid dienone is 1. The molecule has 42 heavy (non-hydrogen) atoms. The van der Waals surface area contributed by atoms with Crippen molar-refractivity contribution in [2.45, 2.75) is 40.5 Å². The van der Waals surface area contributed by atoms with Crippen LogP contribution < -0.4 is 9.47 Å². The number of carbonyl (C=O) groups is 3. The van der Waals surface area contributed by atoms with Crippen molar-refractivity contribution in [2.75, 3.05) is 26.4 Å². The van der Waals surface area contributed by atoms with E-state index in [4.69, 9.17) is 31.2 Å². The molecule has 0 radical (unpaired) electrons. The topological polar surface area (TPSA) is 88.1 Å². The van der Waals surface area contributed by atoms with Gasteiger partial charge in [-0.05, 0) is 68.3 Å². The first-order chi connectivity index (χ1) is 20.0. The van der Waals surface area contributed by atoms with Crippen LogP contribution in [0.3, 0.4) is 0 Å². The molecule has 0 amide bonds. The third-order valence-electron chi connectivity index (χ3n) is 6.69. The average Bonchev–Trinajstić information content (AvgIpc) is 3.39. The van der Waals surface area contributed by atoms with Crippen molar-refractivity contribution >= 4 is 63.9 Å². The van der Waals surface area contributed by atoms with E-state index in [0.29, 0.717) is 38.3 Å². The second kappa shape index (κ2) is 13.4. The van der Waals surface area contributed by atoms with Crippen molar-refractivity contribution < 1.29 is 37.7 Å². The Kier molecular flexibility index (Phi) is 10.2. The Hall–Kier alpha value is -3.15. The molecule has 1 heterocycles. The molecule has 0 N–H and O–H groups in total. The summed E-state index contributed by atoms with van der Waals surface area (Å²) in [4.78, 5) is 40.3. The highest BCUT2D eigenvalue weighted by atomic mass is 32.2. The van der Waals surface area contributed by atoms with Gasteiger partial charge in [-0.25, -0.2) is 14.0 Å². The molecule has 0 aromatic heterocycles. The van der Waals surface area contributed by atoms with E-state index in [1.807, 2.05) is 32.9 Å². The number of fused-ring (bicyclic) bond motifs is 1. The van der Waals surface area contributed by atoms with Crippen molar-refractivity contribution in [3.8, 4) is 11.5 Å². The number of hydrogen-bond donors (Lipinski definition) is 0. The number of ether oxygens (including phenoxy) is 4.